The maximum Gasteiger partial charge on any atom is 0.337 e. The van der Waals surface area contributed by atoms with Crippen molar-refractivity contribution >= 4 is 40.2 Å². The average molecular weight is 245 g/mol. The van der Waals surface area contributed by atoms with Crippen molar-refractivity contribution < 1.29 is 9.90 Å². The van der Waals surface area contributed by atoms with E-state index in [0.29, 0.717) is 11.0 Å². The highest BCUT2D eigenvalue weighted by Gasteiger charge is 2.15. The maximum absolute atomic E-state index is 10.8. The molecule has 15 heavy (non-hydrogen) atoms. The van der Waals surface area contributed by atoms with Crippen LogP contribution in [0.1, 0.15) is 10.4 Å². The summed E-state index contributed by atoms with van der Waals surface area (Å²) in [7, 11) is 1.73. The van der Waals surface area contributed by atoms with E-state index in [1.807, 2.05) is 0 Å². The van der Waals surface area contributed by atoms with Crippen molar-refractivity contribution in [2.75, 3.05) is 0 Å². The van der Waals surface area contributed by atoms with Gasteiger partial charge in [-0.1, -0.05) is 11.6 Å². The van der Waals surface area contributed by atoms with E-state index in [2.05, 4.69) is 4.98 Å². The highest BCUT2D eigenvalue weighted by atomic mass is 35.5. The molecule has 0 atom stereocenters. The van der Waals surface area contributed by atoms with Crippen molar-refractivity contribution in [2.45, 2.75) is 0 Å². The summed E-state index contributed by atoms with van der Waals surface area (Å²) in [6.07, 6.45) is 0. The van der Waals surface area contributed by atoms with Crippen LogP contribution in [0.3, 0.4) is 0 Å². The fourth-order valence-electron chi connectivity index (χ4n) is 1.36. The normalized spacial score (nSPS) is 10.9. The summed E-state index contributed by atoms with van der Waals surface area (Å²) in [5.41, 5.74) is 1.14. The van der Waals surface area contributed by atoms with Crippen molar-refractivity contribution in [3.05, 3.63) is 28.0 Å². The number of hydrogen-bond donors (Lipinski definition) is 1. The molecule has 1 aromatic carbocycles. The van der Waals surface area contributed by atoms with Gasteiger partial charge in [0, 0.05) is 7.05 Å². The Morgan fingerprint density at radius 3 is 2.73 bits per heavy atom. The quantitative estimate of drug-likeness (QED) is 0.839. The van der Waals surface area contributed by atoms with Gasteiger partial charge in [0.05, 0.1) is 16.1 Å². The molecule has 78 valence electrons. The molecule has 0 aliphatic rings. The predicted molar refractivity (Wildman–Crippen MR) is 57.7 cm³/mol. The molecule has 4 nitrogen and oxygen atoms in total. The molecule has 2 aromatic rings. The molecule has 6 heteroatoms. The van der Waals surface area contributed by atoms with Crippen LogP contribution in [0.15, 0.2) is 12.1 Å². The number of hydrogen-bond acceptors (Lipinski definition) is 2. The Morgan fingerprint density at radius 2 is 2.13 bits per heavy atom. The number of carbonyl (C=O) groups is 1. The lowest BCUT2D eigenvalue weighted by Gasteiger charge is -1.99. The van der Waals surface area contributed by atoms with Crippen LogP contribution in [0, 0.1) is 0 Å². The number of carboxylic acid groups (broad SMARTS) is 1. The summed E-state index contributed by atoms with van der Waals surface area (Å²) < 4.78 is 1.63. The van der Waals surface area contributed by atoms with E-state index in [0.717, 1.165) is 0 Å². The fraction of sp³-hybridized carbons (Fsp3) is 0.111. The van der Waals surface area contributed by atoms with E-state index in [-0.39, 0.29) is 15.9 Å². The molecule has 1 heterocycles. The number of carboxylic acids is 1. The van der Waals surface area contributed by atoms with E-state index >= 15 is 0 Å². The minimum Gasteiger partial charge on any atom is -0.478 e. The number of fused-ring (bicyclic) bond motifs is 1. The van der Waals surface area contributed by atoms with E-state index in [4.69, 9.17) is 28.3 Å². The van der Waals surface area contributed by atoms with Gasteiger partial charge in [-0.2, -0.15) is 0 Å². The lowest BCUT2D eigenvalue weighted by atomic mass is 10.2. The Morgan fingerprint density at radius 1 is 1.47 bits per heavy atom. The molecule has 2 rings (SSSR count). The first kappa shape index (κ1) is 10.3. The number of aromatic nitrogens is 2. The van der Waals surface area contributed by atoms with Crippen LogP contribution in [-0.4, -0.2) is 20.6 Å². The van der Waals surface area contributed by atoms with Crippen LogP contribution in [-0.2, 0) is 7.05 Å². The van der Waals surface area contributed by atoms with Gasteiger partial charge in [-0.25, -0.2) is 9.78 Å². The van der Waals surface area contributed by atoms with Gasteiger partial charge in [-0.15, -0.1) is 0 Å². The first-order valence-electron chi connectivity index (χ1n) is 4.06. The standard InChI is InChI=1S/C9H6Cl2N2O2/c1-13-5-3-2-4(8(14)15)6(10)7(5)12-9(13)11/h2-3H,1H3,(H,14,15). The van der Waals surface area contributed by atoms with Gasteiger partial charge >= 0.3 is 5.97 Å². The molecule has 0 fully saturated rings. The highest BCUT2D eigenvalue weighted by Crippen LogP contribution is 2.28. The number of nitrogens with zero attached hydrogens (tertiary/aromatic N) is 2. The minimum absolute atomic E-state index is 0.0268. The van der Waals surface area contributed by atoms with Crippen LogP contribution in [0.25, 0.3) is 11.0 Å². The lowest BCUT2D eigenvalue weighted by Crippen LogP contribution is -1.97. The molecule has 0 saturated carbocycles. The summed E-state index contributed by atoms with van der Waals surface area (Å²) >= 11 is 11.7. The molecule has 0 saturated heterocycles. The second kappa shape index (κ2) is 3.40. The third kappa shape index (κ3) is 1.46. The van der Waals surface area contributed by atoms with Gasteiger partial charge in [0.25, 0.3) is 0 Å². The number of rotatable bonds is 1. The van der Waals surface area contributed by atoms with E-state index in [1.165, 1.54) is 6.07 Å². The number of aromatic carboxylic acids is 1. The van der Waals surface area contributed by atoms with Crippen molar-refractivity contribution in [1.29, 1.82) is 0 Å². The van der Waals surface area contributed by atoms with E-state index in [1.54, 1.807) is 17.7 Å². The predicted octanol–water partition coefficient (Wildman–Crippen LogP) is 2.58. The van der Waals surface area contributed by atoms with Crippen molar-refractivity contribution in [2.24, 2.45) is 7.05 Å². The molecule has 0 unspecified atom stereocenters. The zero-order chi connectivity index (χ0) is 11.2. The number of halogens is 2. The molecule has 0 bridgehead atoms. The first-order valence-corrected chi connectivity index (χ1v) is 4.81. The summed E-state index contributed by atoms with van der Waals surface area (Å²) in [4.78, 5) is 14.8. The Balaban J connectivity index is 2.85. The van der Waals surface area contributed by atoms with E-state index in [9.17, 15) is 4.79 Å². The number of imidazole rings is 1. The second-order valence-corrected chi connectivity index (χ2v) is 3.76. The Kier molecular flexibility index (Phi) is 2.32. The smallest absolute Gasteiger partial charge is 0.337 e. The van der Waals surface area contributed by atoms with Gasteiger partial charge in [0.15, 0.2) is 0 Å². The topological polar surface area (TPSA) is 55.1 Å². The van der Waals surface area contributed by atoms with E-state index < -0.39 is 5.97 Å². The Bertz CT molecular complexity index is 563. The summed E-state index contributed by atoms with van der Waals surface area (Å²) in [6.45, 7) is 0. The molecule has 0 aliphatic heterocycles. The third-order valence-electron chi connectivity index (χ3n) is 2.17. The zero-order valence-corrected chi connectivity index (χ0v) is 9.17. The van der Waals surface area contributed by atoms with Crippen LogP contribution in [0.4, 0.5) is 0 Å². The van der Waals surface area contributed by atoms with Gasteiger partial charge in [0.2, 0.25) is 5.28 Å². The summed E-state index contributed by atoms with van der Waals surface area (Å²) in [5.74, 6) is -1.08. The zero-order valence-electron chi connectivity index (χ0n) is 7.66. The lowest BCUT2D eigenvalue weighted by molar-refractivity contribution is 0.0697. The minimum atomic E-state index is -1.08. The molecule has 0 amide bonds. The monoisotopic (exact) mass is 244 g/mol. The van der Waals surface area contributed by atoms with Crippen molar-refractivity contribution in [1.82, 2.24) is 9.55 Å². The van der Waals surface area contributed by atoms with Gasteiger partial charge in [-0.3, -0.25) is 0 Å². The van der Waals surface area contributed by atoms with Crippen LogP contribution < -0.4 is 0 Å². The van der Waals surface area contributed by atoms with Gasteiger partial charge in [0.1, 0.15) is 5.52 Å². The highest BCUT2D eigenvalue weighted by molar-refractivity contribution is 6.38. The first-order chi connectivity index (χ1) is 7.02. The fourth-order valence-corrected chi connectivity index (χ4v) is 1.82. The van der Waals surface area contributed by atoms with Crippen LogP contribution in [0.5, 0.6) is 0 Å². The van der Waals surface area contributed by atoms with Gasteiger partial charge in [-0.05, 0) is 23.7 Å². The Hall–Kier alpha value is -1.26. The SMILES string of the molecule is Cn1c(Cl)nc2c(Cl)c(C(=O)O)ccc21. The number of benzene rings is 1. The third-order valence-corrected chi connectivity index (χ3v) is 2.89. The second-order valence-electron chi connectivity index (χ2n) is 3.04. The molecule has 1 N–H and O–H groups in total. The van der Waals surface area contributed by atoms with Crippen molar-refractivity contribution in [3.63, 3.8) is 0 Å². The Labute approximate surface area is 95.0 Å². The summed E-state index contributed by atoms with van der Waals surface area (Å²) in [6, 6.07) is 3.06. The average Bonchev–Trinajstić information content (AvgIpc) is 2.45. The van der Waals surface area contributed by atoms with Crippen molar-refractivity contribution in [3.8, 4) is 0 Å². The summed E-state index contributed by atoms with van der Waals surface area (Å²) in [5, 5.41) is 9.24. The van der Waals surface area contributed by atoms with Crippen LogP contribution in [0.2, 0.25) is 10.3 Å². The van der Waals surface area contributed by atoms with Gasteiger partial charge < -0.3 is 9.67 Å². The molecular weight excluding hydrogens is 239 g/mol. The molecular formula is C9H6Cl2N2O2. The largest absolute Gasteiger partial charge is 0.478 e. The molecule has 0 spiro atoms. The molecule has 1 aromatic heterocycles. The molecule has 0 radical (unpaired) electrons. The van der Waals surface area contributed by atoms with Crippen LogP contribution >= 0.6 is 23.2 Å². The molecule has 0 aliphatic carbocycles. The number of aryl methyl sites for hydroxylation is 1. The maximum atomic E-state index is 10.8.